The van der Waals surface area contributed by atoms with Gasteiger partial charge < -0.3 is 5.32 Å². The van der Waals surface area contributed by atoms with E-state index in [2.05, 4.69) is 5.32 Å². The predicted octanol–water partition coefficient (Wildman–Crippen LogP) is 4.13. The third-order valence-corrected chi connectivity index (χ3v) is 7.07. The summed E-state index contributed by atoms with van der Waals surface area (Å²) in [6, 6.07) is 0. The molecule has 0 radical (unpaired) electrons. The maximum absolute atomic E-state index is 5.02. The zero-order valence-electron chi connectivity index (χ0n) is 12.5. The average molecular weight is 299 g/mol. The molecule has 0 aliphatic heterocycles. The maximum Gasteiger partial charge on any atom is 0.138 e. The number of thiophene rings is 1. The van der Waals surface area contributed by atoms with Crippen molar-refractivity contribution in [3.63, 3.8) is 0 Å². The third-order valence-electron chi connectivity index (χ3n) is 5.89. The van der Waals surface area contributed by atoms with Gasteiger partial charge in [0.2, 0.25) is 0 Å². The lowest BCUT2D eigenvalue weighted by Gasteiger charge is -2.20. The number of nitrogens with zero attached hydrogens (tertiary/aromatic N) is 2. The smallest absolute Gasteiger partial charge is 0.138 e. The number of fused-ring (bicyclic) bond motifs is 5. The summed E-state index contributed by atoms with van der Waals surface area (Å²) in [6.45, 7) is 0. The molecule has 3 nitrogen and oxygen atoms in total. The Bertz CT molecular complexity index is 720. The number of aryl methyl sites for hydroxylation is 2. The summed E-state index contributed by atoms with van der Waals surface area (Å²) in [4.78, 5) is 12.8. The SMILES string of the molecule is CNc1nc(C2CC3CCC2C3)nc2sc3c(c12)CCC3. The fourth-order valence-corrected chi connectivity index (χ4v) is 6.19. The largest absolute Gasteiger partial charge is 0.372 e. The van der Waals surface area contributed by atoms with Crippen LogP contribution in [0.1, 0.15) is 54.3 Å². The van der Waals surface area contributed by atoms with Crippen molar-refractivity contribution in [2.45, 2.75) is 50.9 Å². The van der Waals surface area contributed by atoms with Gasteiger partial charge in [-0.1, -0.05) is 6.42 Å². The van der Waals surface area contributed by atoms with E-state index < -0.39 is 0 Å². The fraction of sp³-hybridized carbons (Fsp3) is 0.647. The van der Waals surface area contributed by atoms with Gasteiger partial charge in [-0.15, -0.1) is 11.3 Å². The maximum atomic E-state index is 5.02. The number of hydrogen-bond acceptors (Lipinski definition) is 4. The minimum atomic E-state index is 0.622. The van der Waals surface area contributed by atoms with Crippen molar-refractivity contribution in [2.24, 2.45) is 11.8 Å². The molecule has 0 saturated heterocycles. The lowest BCUT2D eigenvalue weighted by molar-refractivity contribution is 0.406. The zero-order chi connectivity index (χ0) is 14.0. The van der Waals surface area contributed by atoms with Crippen LogP contribution in [0.2, 0.25) is 0 Å². The van der Waals surface area contributed by atoms with Crippen LogP contribution in [-0.2, 0) is 12.8 Å². The first kappa shape index (κ1) is 12.4. The first-order valence-electron chi connectivity index (χ1n) is 8.33. The van der Waals surface area contributed by atoms with E-state index in [0.29, 0.717) is 5.92 Å². The lowest BCUT2D eigenvalue weighted by Crippen LogP contribution is -2.13. The van der Waals surface area contributed by atoms with E-state index >= 15 is 0 Å². The molecule has 3 unspecified atom stereocenters. The molecule has 2 heterocycles. The van der Waals surface area contributed by atoms with Crippen LogP contribution in [0.5, 0.6) is 0 Å². The van der Waals surface area contributed by atoms with E-state index in [1.54, 1.807) is 4.88 Å². The third kappa shape index (κ3) is 1.71. The molecular weight excluding hydrogens is 278 g/mol. The molecule has 2 fully saturated rings. The summed E-state index contributed by atoms with van der Waals surface area (Å²) in [6.07, 6.45) is 9.33. The van der Waals surface area contributed by atoms with E-state index in [1.807, 2.05) is 18.4 Å². The molecule has 3 aliphatic rings. The Morgan fingerprint density at radius 1 is 1.14 bits per heavy atom. The van der Waals surface area contributed by atoms with Gasteiger partial charge in [0.25, 0.3) is 0 Å². The second kappa shape index (κ2) is 4.42. The van der Waals surface area contributed by atoms with Crippen LogP contribution in [0.15, 0.2) is 0 Å². The Kier molecular flexibility index (Phi) is 2.61. The highest BCUT2D eigenvalue weighted by molar-refractivity contribution is 7.19. The van der Waals surface area contributed by atoms with Crippen LogP contribution in [-0.4, -0.2) is 17.0 Å². The number of nitrogens with one attached hydrogen (secondary N) is 1. The molecule has 4 heteroatoms. The van der Waals surface area contributed by atoms with Gasteiger partial charge in [-0.25, -0.2) is 9.97 Å². The average Bonchev–Trinajstić information content (AvgIpc) is 3.24. The Labute approximate surface area is 129 Å². The molecule has 0 spiro atoms. The molecule has 0 amide bonds. The summed E-state index contributed by atoms with van der Waals surface area (Å²) in [7, 11) is 2.01. The zero-order valence-corrected chi connectivity index (χ0v) is 13.3. The van der Waals surface area contributed by atoms with Crippen LogP contribution in [0, 0.1) is 11.8 Å². The normalized spacial score (nSPS) is 30.2. The minimum absolute atomic E-state index is 0.622. The number of hydrogen-bond donors (Lipinski definition) is 1. The van der Waals surface area contributed by atoms with Crippen LogP contribution < -0.4 is 5.32 Å². The van der Waals surface area contributed by atoms with Crippen molar-refractivity contribution in [2.75, 3.05) is 12.4 Å². The lowest BCUT2D eigenvalue weighted by atomic mass is 9.88. The van der Waals surface area contributed by atoms with E-state index in [4.69, 9.17) is 9.97 Å². The predicted molar refractivity (Wildman–Crippen MR) is 87.2 cm³/mol. The van der Waals surface area contributed by atoms with Crippen molar-refractivity contribution < 1.29 is 0 Å². The summed E-state index contributed by atoms with van der Waals surface area (Å²) < 4.78 is 0. The van der Waals surface area contributed by atoms with Crippen molar-refractivity contribution in [3.05, 3.63) is 16.3 Å². The van der Waals surface area contributed by atoms with Crippen LogP contribution >= 0.6 is 11.3 Å². The molecule has 2 saturated carbocycles. The molecule has 1 N–H and O–H groups in total. The number of rotatable bonds is 2. The standard InChI is InChI=1S/C17H21N3S/c1-18-16-14-11-3-2-4-13(11)21-17(14)20-15(19-16)12-8-9-5-6-10(12)7-9/h9-10,12H,2-8H2,1H3,(H,18,19,20). The van der Waals surface area contributed by atoms with Crippen LogP contribution in [0.3, 0.4) is 0 Å². The molecule has 21 heavy (non-hydrogen) atoms. The summed E-state index contributed by atoms with van der Waals surface area (Å²) in [5.74, 6) is 4.63. The monoisotopic (exact) mass is 299 g/mol. The topological polar surface area (TPSA) is 37.8 Å². The van der Waals surface area contributed by atoms with Crippen molar-refractivity contribution in [1.29, 1.82) is 0 Å². The van der Waals surface area contributed by atoms with Gasteiger partial charge in [0, 0.05) is 17.8 Å². The van der Waals surface area contributed by atoms with Gasteiger partial charge >= 0.3 is 0 Å². The van der Waals surface area contributed by atoms with Gasteiger partial charge in [0.05, 0.1) is 5.39 Å². The van der Waals surface area contributed by atoms with Gasteiger partial charge in [-0.3, -0.25) is 0 Å². The summed E-state index contributed by atoms with van der Waals surface area (Å²) in [5.41, 5.74) is 1.53. The van der Waals surface area contributed by atoms with E-state index in [-0.39, 0.29) is 0 Å². The molecule has 3 aliphatic carbocycles. The molecule has 0 aromatic carbocycles. The number of aromatic nitrogens is 2. The number of anilines is 1. The van der Waals surface area contributed by atoms with Gasteiger partial charge in [-0.2, -0.15) is 0 Å². The van der Waals surface area contributed by atoms with Crippen molar-refractivity contribution >= 4 is 27.4 Å². The molecule has 2 bridgehead atoms. The van der Waals surface area contributed by atoms with E-state index in [0.717, 1.165) is 23.5 Å². The molecule has 110 valence electrons. The van der Waals surface area contributed by atoms with Crippen LogP contribution in [0.25, 0.3) is 10.2 Å². The molecular formula is C17H21N3S. The molecule has 3 atom stereocenters. The second-order valence-corrected chi connectivity index (χ2v) is 8.08. The van der Waals surface area contributed by atoms with Gasteiger partial charge in [0.1, 0.15) is 16.5 Å². The highest BCUT2D eigenvalue weighted by atomic mass is 32.1. The van der Waals surface area contributed by atoms with E-state index in [1.165, 1.54) is 60.7 Å². The van der Waals surface area contributed by atoms with Crippen molar-refractivity contribution in [3.8, 4) is 0 Å². The van der Waals surface area contributed by atoms with Gasteiger partial charge in [-0.05, 0) is 55.9 Å². The molecule has 2 aromatic heterocycles. The second-order valence-electron chi connectivity index (χ2n) is 7.00. The Morgan fingerprint density at radius 2 is 2.10 bits per heavy atom. The highest BCUT2D eigenvalue weighted by Crippen LogP contribution is 2.52. The Hall–Kier alpha value is -1.16. The first-order chi connectivity index (χ1) is 10.3. The van der Waals surface area contributed by atoms with Crippen molar-refractivity contribution in [1.82, 2.24) is 9.97 Å². The minimum Gasteiger partial charge on any atom is -0.372 e. The molecule has 5 rings (SSSR count). The highest BCUT2D eigenvalue weighted by Gasteiger charge is 2.42. The molecule has 2 aromatic rings. The summed E-state index contributed by atoms with van der Waals surface area (Å²) in [5, 5.41) is 4.67. The summed E-state index contributed by atoms with van der Waals surface area (Å²) >= 11 is 1.92. The quantitative estimate of drug-likeness (QED) is 0.906. The first-order valence-corrected chi connectivity index (χ1v) is 9.15. The Morgan fingerprint density at radius 3 is 2.86 bits per heavy atom. The van der Waals surface area contributed by atoms with Gasteiger partial charge in [0.15, 0.2) is 0 Å². The van der Waals surface area contributed by atoms with E-state index in [9.17, 15) is 0 Å². The van der Waals surface area contributed by atoms with Crippen LogP contribution in [0.4, 0.5) is 5.82 Å². The fourth-order valence-electron chi connectivity index (χ4n) is 4.92. The Balaban J connectivity index is 1.66.